The van der Waals surface area contributed by atoms with Crippen LogP contribution in [-0.4, -0.2) is 40.3 Å². The summed E-state index contributed by atoms with van der Waals surface area (Å²) in [6, 6.07) is -0.401. The van der Waals surface area contributed by atoms with Gasteiger partial charge in [0.25, 0.3) is 0 Å². The molecule has 1 aromatic heterocycles. The smallest absolute Gasteiger partial charge is 0.237 e. The lowest BCUT2D eigenvalue weighted by atomic mass is 10.2. The second-order valence-corrected chi connectivity index (χ2v) is 4.95. The van der Waals surface area contributed by atoms with Crippen molar-refractivity contribution in [3.8, 4) is 0 Å². The molecule has 5 nitrogen and oxygen atoms in total. The molecular weight excluding hydrogens is 236 g/mol. The SMILES string of the molecule is CSCCC(N)C(=O)NCCn1cc(C)cn1. The summed E-state index contributed by atoms with van der Waals surface area (Å²) in [7, 11) is 0. The lowest BCUT2D eigenvalue weighted by molar-refractivity contribution is -0.122. The van der Waals surface area contributed by atoms with Crippen LogP contribution in [0.1, 0.15) is 12.0 Å². The predicted octanol–water partition coefficient (Wildman–Crippen LogP) is 0.388. The molecule has 0 radical (unpaired) electrons. The maximum absolute atomic E-state index is 11.6. The Kier molecular flexibility index (Phi) is 6.07. The molecule has 1 heterocycles. The molecule has 1 amide bonds. The first-order valence-electron chi connectivity index (χ1n) is 5.64. The number of carbonyl (C=O) groups excluding carboxylic acids is 1. The second-order valence-electron chi connectivity index (χ2n) is 3.96. The third kappa shape index (κ3) is 5.23. The van der Waals surface area contributed by atoms with Crippen LogP contribution in [-0.2, 0) is 11.3 Å². The highest BCUT2D eigenvalue weighted by Crippen LogP contribution is 1.98. The summed E-state index contributed by atoms with van der Waals surface area (Å²) in [6.45, 7) is 3.22. The Bertz CT molecular complexity index is 353. The summed E-state index contributed by atoms with van der Waals surface area (Å²) in [5, 5.41) is 6.95. The van der Waals surface area contributed by atoms with E-state index in [1.807, 2.05) is 24.1 Å². The first-order chi connectivity index (χ1) is 8.13. The largest absolute Gasteiger partial charge is 0.353 e. The van der Waals surface area contributed by atoms with Crippen LogP contribution >= 0.6 is 11.8 Å². The van der Waals surface area contributed by atoms with Crippen molar-refractivity contribution in [2.75, 3.05) is 18.6 Å². The van der Waals surface area contributed by atoms with Gasteiger partial charge in [-0.2, -0.15) is 16.9 Å². The maximum Gasteiger partial charge on any atom is 0.237 e. The standard InChI is InChI=1S/C11H20N4OS/c1-9-7-14-15(8-9)5-4-13-11(16)10(12)3-6-17-2/h7-8,10H,3-6,12H2,1-2H3,(H,13,16). The van der Waals surface area contributed by atoms with Crippen LogP contribution in [0.15, 0.2) is 12.4 Å². The number of nitrogens with two attached hydrogens (primary N) is 1. The van der Waals surface area contributed by atoms with Gasteiger partial charge in [-0.1, -0.05) is 0 Å². The third-order valence-corrected chi connectivity index (χ3v) is 3.02. The number of amides is 1. The van der Waals surface area contributed by atoms with Crippen LogP contribution in [0.2, 0.25) is 0 Å². The molecule has 3 N–H and O–H groups in total. The number of aromatic nitrogens is 2. The van der Waals surface area contributed by atoms with E-state index < -0.39 is 6.04 Å². The third-order valence-electron chi connectivity index (χ3n) is 2.37. The zero-order chi connectivity index (χ0) is 12.7. The minimum atomic E-state index is -0.401. The van der Waals surface area contributed by atoms with Crippen LogP contribution in [0.4, 0.5) is 0 Å². The fourth-order valence-electron chi connectivity index (χ4n) is 1.39. The Balaban J connectivity index is 2.19. The van der Waals surface area contributed by atoms with Crippen LogP contribution in [0.25, 0.3) is 0 Å². The molecule has 0 aliphatic rings. The quantitative estimate of drug-likeness (QED) is 0.740. The van der Waals surface area contributed by atoms with Crippen molar-refractivity contribution in [3.63, 3.8) is 0 Å². The van der Waals surface area contributed by atoms with Crippen molar-refractivity contribution in [1.29, 1.82) is 0 Å². The molecular formula is C11H20N4OS. The molecule has 0 fully saturated rings. The number of rotatable bonds is 7. The fourth-order valence-corrected chi connectivity index (χ4v) is 1.88. The summed E-state index contributed by atoms with van der Waals surface area (Å²) in [5.74, 6) is 0.829. The fraction of sp³-hybridized carbons (Fsp3) is 0.636. The molecule has 1 aromatic rings. The van der Waals surface area contributed by atoms with Gasteiger partial charge in [-0.15, -0.1) is 0 Å². The normalized spacial score (nSPS) is 12.4. The maximum atomic E-state index is 11.6. The number of hydrogen-bond acceptors (Lipinski definition) is 4. The average Bonchev–Trinajstić information content (AvgIpc) is 2.71. The summed E-state index contributed by atoms with van der Waals surface area (Å²) >= 11 is 1.70. The van der Waals surface area contributed by atoms with Crippen molar-refractivity contribution in [2.24, 2.45) is 5.73 Å². The van der Waals surface area contributed by atoms with Gasteiger partial charge in [0, 0.05) is 12.7 Å². The molecule has 1 rings (SSSR count). The van der Waals surface area contributed by atoms with Gasteiger partial charge in [0.05, 0.1) is 18.8 Å². The van der Waals surface area contributed by atoms with E-state index in [2.05, 4.69) is 10.4 Å². The summed E-state index contributed by atoms with van der Waals surface area (Å²) in [5.41, 5.74) is 6.86. The first-order valence-corrected chi connectivity index (χ1v) is 7.04. The van der Waals surface area contributed by atoms with Gasteiger partial charge < -0.3 is 11.1 Å². The Morgan fingerprint density at radius 1 is 1.71 bits per heavy atom. The Hall–Kier alpha value is -1.01. The van der Waals surface area contributed by atoms with Crippen molar-refractivity contribution < 1.29 is 4.79 Å². The lowest BCUT2D eigenvalue weighted by Gasteiger charge is -2.11. The molecule has 1 unspecified atom stereocenters. The average molecular weight is 256 g/mol. The van der Waals surface area contributed by atoms with E-state index in [9.17, 15) is 4.79 Å². The monoisotopic (exact) mass is 256 g/mol. The number of nitrogens with one attached hydrogen (secondary N) is 1. The number of nitrogens with zero attached hydrogens (tertiary/aromatic N) is 2. The van der Waals surface area contributed by atoms with Crippen LogP contribution in [0.5, 0.6) is 0 Å². The molecule has 0 bridgehead atoms. The highest BCUT2D eigenvalue weighted by atomic mass is 32.2. The summed E-state index contributed by atoms with van der Waals surface area (Å²) in [6.07, 6.45) is 6.46. The van der Waals surface area contributed by atoms with Crippen LogP contribution < -0.4 is 11.1 Å². The Morgan fingerprint density at radius 2 is 2.47 bits per heavy atom. The van der Waals surface area contributed by atoms with Gasteiger partial charge in [0.1, 0.15) is 0 Å². The van der Waals surface area contributed by atoms with E-state index in [1.165, 1.54) is 0 Å². The van der Waals surface area contributed by atoms with Crippen molar-refractivity contribution in [1.82, 2.24) is 15.1 Å². The Labute approximate surface area is 106 Å². The highest BCUT2D eigenvalue weighted by Gasteiger charge is 2.11. The molecule has 1 atom stereocenters. The first kappa shape index (κ1) is 14.1. The van der Waals surface area contributed by atoms with Crippen molar-refractivity contribution >= 4 is 17.7 Å². The topological polar surface area (TPSA) is 72.9 Å². The number of thioether (sulfide) groups is 1. The van der Waals surface area contributed by atoms with E-state index in [1.54, 1.807) is 18.0 Å². The summed E-state index contributed by atoms with van der Waals surface area (Å²) in [4.78, 5) is 11.6. The van der Waals surface area contributed by atoms with E-state index in [-0.39, 0.29) is 5.91 Å². The van der Waals surface area contributed by atoms with Crippen LogP contribution in [0, 0.1) is 6.92 Å². The van der Waals surface area contributed by atoms with E-state index in [0.717, 1.165) is 11.3 Å². The van der Waals surface area contributed by atoms with Gasteiger partial charge in [-0.25, -0.2) is 0 Å². The highest BCUT2D eigenvalue weighted by molar-refractivity contribution is 7.98. The summed E-state index contributed by atoms with van der Waals surface area (Å²) < 4.78 is 1.81. The zero-order valence-electron chi connectivity index (χ0n) is 10.3. The van der Waals surface area contributed by atoms with Crippen molar-refractivity contribution in [2.45, 2.75) is 25.9 Å². The molecule has 0 aromatic carbocycles. The lowest BCUT2D eigenvalue weighted by Crippen LogP contribution is -2.42. The number of carbonyl (C=O) groups is 1. The van der Waals surface area contributed by atoms with E-state index >= 15 is 0 Å². The van der Waals surface area contributed by atoms with Gasteiger partial charge in [0.15, 0.2) is 0 Å². The molecule has 0 saturated heterocycles. The van der Waals surface area contributed by atoms with Gasteiger partial charge in [-0.3, -0.25) is 9.48 Å². The van der Waals surface area contributed by atoms with E-state index in [0.29, 0.717) is 19.5 Å². The molecule has 96 valence electrons. The minimum Gasteiger partial charge on any atom is -0.353 e. The molecule has 0 aliphatic carbocycles. The molecule has 0 saturated carbocycles. The molecule has 6 heteroatoms. The number of hydrogen-bond donors (Lipinski definition) is 2. The van der Waals surface area contributed by atoms with Gasteiger partial charge in [0.2, 0.25) is 5.91 Å². The Morgan fingerprint density at radius 3 is 3.06 bits per heavy atom. The molecule has 0 spiro atoms. The predicted molar refractivity (Wildman–Crippen MR) is 70.9 cm³/mol. The van der Waals surface area contributed by atoms with Crippen molar-refractivity contribution in [3.05, 3.63) is 18.0 Å². The second kappa shape index (κ2) is 7.34. The molecule has 0 aliphatic heterocycles. The van der Waals surface area contributed by atoms with Gasteiger partial charge in [-0.05, 0) is 30.9 Å². The zero-order valence-corrected chi connectivity index (χ0v) is 11.2. The number of aryl methyl sites for hydroxylation is 1. The van der Waals surface area contributed by atoms with Crippen LogP contribution in [0.3, 0.4) is 0 Å². The van der Waals surface area contributed by atoms with E-state index in [4.69, 9.17) is 5.73 Å². The van der Waals surface area contributed by atoms with Gasteiger partial charge >= 0.3 is 0 Å². The molecule has 17 heavy (non-hydrogen) atoms. The minimum absolute atomic E-state index is 0.0806.